The van der Waals surface area contributed by atoms with E-state index in [2.05, 4.69) is 15.9 Å². The third kappa shape index (κ3) is 3.35. The Labute approximate surface area is 130 Å². The summed E-state index contributed by atoms with van der Waals surface area (Å²) < 4.78 is 1.31. The van der Waals surface area contributed by atoms with Crippen molar-refractivity contribution in [2.24, 2.45) is 5.84 Å². The molecule has 3 N–H and O–H groups in total. The van der Waals surface area contributed by atoms with Gasteiger partial charge in [-0.3, -0.25) is 25.1 Å². The minimum atomic E-state index is -0.581. The van der Waals surface area contributed by atoms with Crippen LogP contribution in [0.25, 0.3) is 0 Å². The number of pyridine rings is 1. The molecule has 0 saturated carbocycles. The Morgan fingerprint density at radius 1 is 1.52 bits per heavy atom. The molecule has 0 atom stereocenters. The molecule has 2 rings (SSSR count). The maximum Gasteiger partial charge on any atom is 0.286 e. The van der Waals surface area contributed by atoms with Gasteiger partial charge in [-0.2, -0.15) is 0 Å². The first kappa shape index (κ1) is 15.4. The van der Waals surface area contributed by atoms with E-state index in [-0.39, 0.29) is 22.3 Å². The fourth-order valence-corrected chi connectivity index (χ4v) is 3.00. The lowest BCUT2D eigenvalue weighted by Gasteiger charge is -2.04. The second kappa shape index (κ2) is 6.16. The Kier molecular flexibility index (Phi) is 4.50. The third-order valence-electron chi connectivity index (χ3n) is 2.58. The molecule has 110 valence electrons. The lowest BCUT2D eigenvalue weighted by atomic mass is 10.3. The van der Waals surface area contributed by atoms with Gasteiger partial charge in [-0.1, -0.05) is 0 Å². The Hall–Kier alpha value is -2.04. The molecule has 21 heavy (non-hydrogen) atoms. The fourth-order valence-electron chi connectivity index (χ4n) is 1.63. The second-order valence-corrected chi connectivity index (χ2v) is 6.00. The molecule has 0 fully saturated rings. The zero-order valence-electron chi connectivity index (χ0n) is 10.4. The minimum absolute atomic E-state index is 0.105. The fraction of sp³-hybridized carbons (Fsp3) is 0.0909. The van der Waals surface area contributed by atoms with Crippen LogP contribution in [0.5, 0.6) is 0 Å². The highest BCUT2D eigenvalue weighted by molar-refractivity contribution is 9.10. The quantitative estimate of drug-likeness (QED) is 0.362. The van der Waals surface area contributed by atoms with Crippen LogP contribution in [0.4, 0.5) is 5.69 Å². The van der Waals surface area contributed by atoms with Crippen LogP contribution in [0.2, 0.25) is 0 Å². The average molecular weight is 373 g/mol. The monoisotopic (exact) mass is 372 g/mol. The van der Waals surface area contributed by atoms with Crippen LogP contribution in [0.1, 0.15) is 14.5 Å². The number of nitro groups is 1. The van der Waals surface area contributed by atoms with Crippen LogP contribution in [0.15, 0.2) is 33.7 Å². The van der Waals surface area contributed by atoms with E-state index in [4.69, 9.17) is 5.84 Å². The number of aromatic nitrogens is 1. The predicted octanol–water partition coefficient (Wildman–Crippen LogP) is 1.23. The summed E-state index contributed by atoms with van der Waals surface area (Å²) in [5, 5.41) is 10.8. The van der Waals surface area contributed by atoms with E-state index in [1.54, 1.807) is 12.1 Å². The second-order valence-electron chi connectivity index (χ2n) is 3.98. The number of carbonyl (C=O) groups excluding carboxylic acids is 1. The lowest BCUT2D eigenvalue weighted by Crippen LogP contribution is -2.29. The van der Waals surface area contributed by atoms with Crippen molar-refractivity contribution in [3.8, 4) is 0 Å². The molecule has 10 heteroatoms. The maximum atomic E-state index is 11.9. The molecule has 0 bridgehead atoms. The van der Waals surface area contributed by atoms with Crippen molar-refractivity contribution in [1.82, 2.24) is 9.99 Å². The Morgan fingerprint density at radius 2 is 2.24 bits per heavy atom. The summed E-state index contributed by atoms with van der Waals surface area (Å²) in [5.74, 6) is 4.60. The molecule has 0 unspecified atom stereocenters. The number of amides is 1. The summed E-state index contributed by atoms with van der Waals surface area (Å²) in [6.07, 6.45) is 1.16. The number of thiophene rings is 1. The number of nitrogens with zero attached hydrogens (tertiary/aromatic N) is 2. The average Bonchev–Trinajstić information content (AvgIpc) is 2.91. The molecular formula is C11H9BrN4O4S. The number of carbonyl (C=O) groups is 1. The van der Waals surface area contributed by atoms with Gasteiger partial charge in [-0.25, -0.2) is 5.84 Å². The standard InChI is InChI=1S/C11H9BrN4O4S/c12-8-3-6(16(19)20)4-15(11(8)18)5-7-1-2-9(21-7)10(17)14-13/h1-4H,5,13H2,(H,14,17). The molecule has 0 aliphatic heterocycles. The van der Waals surface area contributed by atoms with Crippen molar-refractivity contribution in [2.45, 2.75) is 6.54 Å². The SMILES string of the molecule is NNC(=O)c1ccc(Cn2cc([N+](=O)[O-])cc(Br)c2=O)s1. The van der Waals surface area contributed by atoms with Gasteiger partial charge >= 0.3 is 0 Å². The normalized spacial score (nSPS) is 10.4. The molecule has 0 aliphatic rings. The summed E-state index contributed by atoms with van der Waals surface area (Å²) in [7, 11) is 0. The summed E-state index contributed by atoms with van der Waals surface area (Å²) >= 11 is 4.16. The first-order valence-electron chi connectivity index (χ1n) is 5.56. The Bertz CT molecular complexity index is 770. The van der Waals surface area contributed by atoms with Crippen LogP contribution >= 0.6 is 27.3 Å². The van der Waals surface area contributed by atoms with Crippen LogP contribution < -0.4 is 16.8 Å². The molecule has 2 aromatic heterocycles. The van der Waals surface area contributed by atoms with Gasteiger partial charge in [0.25, 0.3) is 17.2 Å². The van der Waals surface area contributed by atoms with Gasteiger partial charge in [-0.05, 0) is 28.1 Å². The molecule has 8 nitrogen and oxygen atoms in total. The van der Waals surface area contributed by atoms with E-state index in [1.165, 1.54) is 4.57 Å². The van der Waals surface area contributed by atoms with Crippen LogP contribution in [-0.4, -0.2) is 15.4 Å². The molecule has 0 spiro atoms. The lowest BCUT2D eigenvalue weighted by molar-refractivity contribution is -0.385. The summed E-state index contributed by atoms with van der Waals surface area (Å²) in [6.45, 7) is 0.127. The number of hydrogen-bond acceptors (Lipinski definition) is 6. The topological polar surface area (TPSA) is 120 Å². The van der Waals surface area contributed by atoms with Crippen molar-refractivity contribution >= 4 is 38.9 Å². The number of rotatable bonds is 4. The third-order valence-corrected chi connectivity index (χ3v) is 4.22. The number of hydrogen-bond donors (Lipinski definition) is 2. The number of hydrazine groups is 1. The van der Waals surface area contributed by atoms with E-state index in [9.17, 15) is 19.7 Å². The van der Waals surface area contributed by atoms with Gasteiger partial charge < -0.3 is 4.57 Å². The molecule has 2 aromatic rings. The number of nitrogen functional groups attached to an aromatic ring is 1. The van der Waals surface area contributed by atoms with Crippen molar-refractivity contribution < 1.29 is 9.72 Å². The molecular weight excluding hydrogens is 364 g/mol. The molecule has 1 amide bonds. The van der Waals surface area contributed by atoms with Gasteiger partial charge in [0.15, 0.2) is 0 Å². The zero-order chi connectivity index (χ0) is 15.6. The van der Waals surface area contributed by atoms with Gasteiger partial charge in [0, 0.05) is 10.9 Å². The minimum Gasteiger partial charge on any atom is -0.303 e. The van der Waals surface area contributed by atoms with Crippen molar-refractivity contribution in [3.63, 3.8) is 0 Å². The van der Waals surface area contributed by atoms with E-state index >= 15 is 0 Å². The van der Waals surface area contributed by atoms with Crippen LogP contribution in [0.3, 0.4) is 0 Å². The van der Waals surface area contributed by atoms with Crippen LogP contribution in [-0.2, 0) is 6.54 Å². The maximum absolute atomic E-state index is 11.9. The summed E-state index contributed by atoms with van der Waals surface area (Å²) in [4.78, 5) is 34.6. The van der Waals surface area contributed by atoms with Crippen molar-refractivity contribution in [3.05, 3.63) is 59.1 Å². The molecule has 0 aromatic carbocycles. The summed E-state index contributed by atoms with van der Waals surface area (Å²) in [6, 6.07) is 4.38. The van der Waals surface area contributed by atoms with Crippen LogP contribution in [0, 0.1) is 10.1 Å². The summed E-state index contributed by atoms with van der Waals surface area (Å²) in [5.41, 5.74) is 1.42. The predicted molar refractivity (Wildman–Crippen MR) is 80.1 cm³/mol. The molecule has 0 aliphatic carbocycles. The zero-order valence-corrected chi connectivity index (χ0v) is 12.8. The van der Waals surface area contributed by atoms with Gasteiger partial charge in [0.05, 0.1) is 27.0 Å². The number of nitrogens with one attached hydrogen (secondary N) is 1. The van der Waals surface area contributed by atoms with E-state index < -0.39 is 10.8 Å². The first-order valence-corrected chi connectivity index (χ1v) is 7.17. The first-order chi connectivity index (χ1) is 9.92. The highest BCUT2D eigenvalue weighted by Crippen LogP contribution is 2.19. The number of halogens is 1. The van der Waals surface area contributed by atoms with E-state index in [1.807, 2.05) is 5.43 Å². The van der Waals surface area contributed by atoms with E-state index in [0.29, 0.717) is 9.75 Å². The van der Waals surface area contributed by atoms with E-state index in [0.717, 1.165) is 23.6 Å². The molecule has 0 radical (unpaired) electrons. The highest BCUT2D eigenvalue weighted by Gasteiger charge is 2.14. The smallest absolute Gasteiger partial charge is 0.286 e. The molecule has 2 heterocycles. The Morgan fingerprint density at radius 3 is 2.86 bits per heavy atom. The highest BCUT2D eigenvalue weighted by atomic mass is 79.9. The van der Waals surface area contributed by atoms with Gasteiger partial charge in [0.2, 0.25) is 0 Å². The van der Waals surface area contributed by atoms with Crippen molar-refractivity contribution in [2.75, 3.05) is 0 Å². The Balaban J connectivity index is 2.35. The molecule has 0 saturated heterocycles. The number of nitrogens with two attached hydrogens (primary N) is 1. The van der Waals surface area contributed by atoms with Gasteiger partial charge in [-0.15, -0.1) is 11.3 Å². The van der Waals surface area contributed by atoms with Crippen molar-refractivity contribution in [1.29, 1.82) is 0 Å². The van der Waals surface area contributed by atoms with Gasteiger partial charge in [0.1, 0.15) is 0 Å². The largest absolute Gasteiger partial charge is 0.303 e.